The molecular formula is C27H46S. The van der Waals surface area contributed by atoms with Crippen LogP contribution >= 0.6 is 12.6 Å². The first-order chi connectivity index (χ1) is 13.3. The molecule has 0 N–H and O–H groups in total. The van der Waals surface area contributed by atoms with Gasteiger partial charge in [-0.05, 0) is 97.7 Å². The molecule has 0 saturated heterocycles. The summed E-state index contributed by atoms with van der Waals surface area (Å²) in [5, 5.41) is 0.618. The quantitative estimate of drug-likeness (QED) is 0.347. The zero-order valence-corrected chi connectivity index (χ0v) is 20.2. The molecule has 0 bridgehead atoms. The first-order valence-corrected chi connectivity index (χ1v) is 13.1. The number of hydrogen-bond acceptors (Lipinski definition) is 1. The van der Waals surface area contributed by atoms with E-state index in [-0.39, 0.29) is 0 Å². The molecule has 4 unspecified atom stereocenters. The van der Waals surface area contributed by atoms with Crippen LogP contribution in [0.25, 0.3) is 0 Å². The third-order valence-corrected chi connectivity index (χ3v) is 10.7. The van der Waals surface area contributed by atoms with Gasteiger partial charge in [0.15, 0.2) is 0 Å². The highest BCUT2D eigenvalue weighted by molar-refractivity contribution is 7.80. The zero-order chi connectivity index (χ0) is 20.1. The highest BCUT2D eigenvalue weighted by Gasteiger charge is 2.58. The molecule has 0 amide bonds. The van der Waals surface area contributed by atoms with Crippen molar-refractivity contribution in [3.63, 3.8) is 0 Å². The van der Waals surface area contributed by atoms with Crippen LogP contribution in [0.1, 0.15) is 105 Å². The van der Waals surface area contributed by atoms with Gasteiger partial charge in [-0.3, -0.25) is 0 Å². The second-order valence-corrected chi connectivity index (χ2v) is 12.9. The maximum Gasteiger partial charge on any atom is 0.00545 e. The highest BCUT2D eigenvalue weighted by Crippen LogP contribution is 2.67. The molecular weight excluding hydrogens is 356 g/mol. The lowest BCUT2D eigenvalue weighted by molar-refractivity contribution is -0.0497. The monoisotopic (exact) mass is 402 g/mol. The summed E-state index contributed by atoms with van der Waals surface area (Å²) in [4.78, 5) is 0. The third-order valence-electron chi connectivity index (χ3n) is 10.3. The zero-order valence-electron chi connectivity index (χ0n) is 19.3. The van der Waals surface area contributed by atoms with Gasteiger partial charge in [-0.15, -0.1) is 0 Å². The van der Waals surface area contributed by atoms with Crippen molar-refractivity contribution in [3.8, 4) is 0 Å². The van der Waals surface area contributed by atoms with Gasteiger partial charge in [0, 0.05) is 5.25 Å². The standard InChI is InChI=1S/C27H46S/c1-18(2)7-6-8-19(3)23-11-12-24-22-10-9-20-17-21(28)13-15-26(20,4)25(22)14-16-27(23,24)5/h9,18-19,21-25,28H,6-8,10-17H2,1-5H3/t19-,21+,22?,23?,24?,25?,26+,27-/m1/s1. The van der Waals surface area contributed by atoms with E-state index in [1.165, 1.54) is 70.6 Å². The minimum absolute atomic E-state index is 0.504. The van der Waals surface area contributed by atoms with E-state index in [1.807, 2.05) is 0 Å². The van der Waals surface area contributed by atoms with Gasteiger partial charge in [0.1, 0.15) is 0 Å². The molecule has 3 fully saturated rings. The van der Waals surface area contributed by atoms with Crippen LogP contribution in [0, 0.1) is 46.3 Å². The fraction of sp³-hybridized carbons (Fsp3) is 0.926. The molecule has 0 aromatic rings. The number of hydrogen-bond donors (Lipinski definition) is 1. The molecule has 4 rings (SSSR count). The van der Waals surface area contributed by atoms with Crippen LogP contribution in [0.4, 0.5) is 0 Å². The Kier molecular flexibility index (Phi) is 6.07. The average molecular weight is 403 g/mol. The number of fused-ring (bicyclic) bond motifs is 5. The summed E-state index contributed by atoms with van der Waals surface area (Å²) in [5.74, 6) is 5.70. The van der Waals surface area contributed by atoms with Gasteiger partial charge < -0.3 is 0 Å². The minimum atomic E-state index is 0.504. The Hall–Kier alpha value is 0.0900. The maximum absolute atomic E-state index is 4.84. The van der Waals surface area contributed by atoms with E-state index in [9.17, 15) is 0 Å². The number of allylic oxidation sites excluding steroid dienone is 2. The summed E-state index contributed by atoms with van der Waals surface area (Å²) in [7, 11) is 0. The average Bonchev–Trinajstić information content (AvgIpc) is 2.99. The lowest BCUT2D eigenvalue weighted by Gasteiger charge is -2.58. The molecule has 0 aromatic carbocycles. The Bertz CT molecular complexity index is 591. The van der Waals surface area contributed by atoms with Gasteiger partial charge in [-0.25, -0.2) is 0 Å². The van der Waals surface area contributed by atoms with Crippen molar-refractivity contribution >= 4 is 12.6 Å². The first-order valence-electron chi connectivity index (χ1n) is 12.6. The van der Waals surface area contributed by atoms with E-state index >= 15 is 0 Å². The predicted octanol–water partition coefficient (Wildman–Crippen LogP) is 8.33. The molecule has 1 heteroatoms. The van der Waals surface area contributed by atoms with Crippen molar-refractivity contribution in [1.82, 2.24) is 0 Å². The van der Waals surface area contributed by atoms with Gasteiger partial charge >= 0.3 is 0 Å². The van der Waals surface area contributed by atoms with Crippen molar-refractivity contribution in [2.75, 3.05) is 0 Å². The van der Waals surface area contributed by atoms with E-state index in [4.69, 9.17) is 12.6 Å². The van der Waals surface area contributed by atoms with Crippen LogP contribution in [-0.4, -0.2) is 5.25 Å². The molecule has 0 aliphatic heterocycles. The fourth-order valence-corrected chi connectivity index (χ4v) is 8.99. The smallest absolute Gasteiger partial charge is 0.00545 e. The van der Waals surface area contributed by atoms with E-state index < -0.39 is 0 Å². The minimum Gasteiger partial charge on any atom is -0.176 e. The Balaban J connectivity index is 1.49. The summed E-state index contributed by atoms with van der Waals surface area (Å²) in [6.45, 7) is 12.7. The van der Waals surface area contributed by atoms with Crippen molar-refractivity contribution in [2.24, 2.45) is 46.3 Å². The molecule has 0 radical (unpaired) electrons. The lowest BCUT2D eigenvalue weighted by atomic mass is 9.47. The Morgan fingerprint density at radius 3 is 2.54 bits per heavy atom. The van der Waals surface area contributed by atoms with Gasteiger partial charge in [0.2, 0.25) is 0 Å². The van der Waals surface area contributed by atoms with Crippen LogP contribution in [0.5, 0.6) is 0 Å². The van der Waals surface area contributed by atoms with E-state index in [0.29, 0.717) is 16.1 Å². The molecule has 3 saturated carbocycles. The van der Waals surface area contributed by atoms with E-state index in [0.717, 1.165) is 35.5 Å². The molecule has 0 aromatic heterocycles. The molecule has 0 nitrogen and oxygen atoms in total. The Labute approximate surface area is 181 Å². The van der Waals surface area contributed by atoms with Gasteiger partial charge in [0.25, 0.3) is 0 Å². The van der Waals surface area contributed by atoms with E-state index in [2.05, 4.69) is 40.7 Å². The summed E-state index contributed by atoms with van der Waals surface area (Å²) < 4.78 is 0. The Morgan fingerprint density at radius 2 is 1.79 bits per heavy atom. The number of rotatable bonds is 5. The summed E-state index contributed by atoms with van der Waals surface area (Å²) in [6.07, 6.45) is 18.4. The molecule has 8 atom stereocenters. The largest absolute Gasteiger partial charge is 0.176 e. The van der Waals surface area contributed by atoms with Crippen molar-refractivity contribution in [1.29, 1.82) is 0 Å². The van der Waals surface area contributed by atoms with Gasteiger partial charge in [0.05, 0.1) is 0 Å². The molecule has 28 heavy (non-hydrogen) atoms. The van der Waals surface area contributed by atoms with Crippen LogP contribution in [0.15, 0.2) is 11.6 Å². The summed E-state index contributed by atoms with van der Waals surface area (Å²) in [5.41, 5.74) is 2.92. The van der Waals surface area contributed by atoms with Crippen LogP contribution in [-0.2, 0) is 0 Å². The van der Waals surface area contributed by atoms with Gasteiger partial charge in [-0.2, -0.15) is 12.6 Å². The van der Waals surface area contributed by atoms with E-state index in [1.54, 1.807) is 5.57 Å². The molecule has 4 aliphatic rings. The van der Waals surface area contributed by atoms with Crippen LogP contribution < -0.4 is 0 Å². The van der Waals surface area contributed by atoms with Crippen molar-refractivity contribution in [2.45, 2.75) is 110 Å². The lowest BCUT2D eigenvalue weighted by Crippen LogP contribution is -2.50. The fourth-order valence-electron chi connectivity index (χ4n) is 8.67. The predicted molar refractivity (Wildman–Crippen MR) is 126 cm³/mol. The highest BCUT2D eigenvalue weighted by atomic mass is 32.1. The van der Waals surface area contributed by atoms with Crippen molar-refractivity contribution < 1.29 is 0 Å². The van der Waals surface area contributed by atoms with Gasteiger partial charge in [-0.1, -0.05) is 65.5 Å². The van der Waals surface area contributed by atoms with Crippen LogP contribution in [0.2, 0.25) is 0 Å². The molecule has 160 valence electrons. The Morgan fingerprint density at radius 1 is 1.00 bits per heavy atom. The second-order valence-electron chi connectivity index (χ2n) is 12.2. The third kappa shape index (κ3) is 3.54. The number of thiol groups is 1. The maximum atomic E-state index is 4.84. The summed E-state index contributed by atoms with van der Waals surface area (Å²) >= 11 is 4.84. The first kappa shape index (κ1) is 21.3. The topological polar surface area (TPSA) is 0 Å². The van der Waals surface area contributed by atoms with Crippen molar-refractivity contribution in [3.05, 3.63) is 11.6 Å². The van der Waals surface area contributed by atoms with Crippen LogP contribution in [0.3, 0.4) is 0 Å². The molecule has 4 aliphatic carbocycles. The second kappa shape index (κ2) is 7.97. The summed E-state index contributed by atoms with van der Waals surface area (Å²) in [6, 6.07) is 0. The SMILES string of the molecule is CC(C)CCC[C@@H](C)C1CCC2C3CC=C4C[C@@H](S)CC[C@]4(C)C3CC[C@@]21C. The molecule has 0 heterocycles. The normalized spacial score (nSPS) is 46.5. The molecule has 0 spiro atoms.